The van der Waals surface area contributed by atoms with E-state index < -0.39 is 12.3 Å². The highest BCUT2D eigenvalue weighted by atomic mass is 32.1. The molecule has 0 fully saturated rings. The molecule has 2 heterocycles. The van der Waals surface area contributed by atoms with Gasteiger partial charge in [-0.1, -0.05) is 30.3 Å². The molecule has 4 rings (SSSR count). The summed E-state index contributed by atoms with van der Waals surface area (Å²) in [7, 11) is 0. The summed E-state index contributed by atoms with van der Waals surface area (Å²) in [5.74, 6) is 0.998. The maximum atomic E-state index is 12.8. The van der Waals surface area contributed by atoms with Crippen LogP contribution < -0.4 is 4.74 Å². The molecule has 0 saturated heterocycles. The van der Waals surface area contributed by atoms with Gasteiger partial charge in [-0.25, -0.2) is 14.2 Å². The van der Waals surface area contributed by atoms with Crippen LogP contribution >= 0.6 is 11.5 Å². The second-order valence-corrected chi connectivity index (χ2v) is 9.72. The first-order chi connectivity index (χ1) is 16.4. The minimum atomic E-state index is -1.04. The number of hydrogen-bond donors (Lipinski definition) is 0. The van der Waals surface area contributed by atoms with E-state index in [1.807, 2.05) is 24.3 Å². The zero-order valence-electron chi connectivity index (χ0n) is 19.8. The minimum Gasteiger partial charge on any atom is -0.476 e. The Balaban J connectivity index is 1.38. The van der Waals surface area contributed by atoms with Crippen LogP contribution in [0.1, 0.15) is 42.5 Å². The Morgan fingerprint density at radius 3 is 2.56 bits per heavy atom. The average Bonchev–Trinajstić information content (AvgIpc) is 3.20. The van der Waals surface area contributed by atoms with Gasteiger partial charge in [0.2, 0.25) is 0 Å². The third-order valence-electron chi connectivity index (χ3n) is 5.91. The van der Waals surface area contributed by atoms with Crippen molar-refractivity contribution in [3.63, 3.8) is 0 Å². The number of carbonyl (C=O) groups is 1. The van der Waals surface area contributed by atoms with E-state index in [9.17, 15) is 9.18 Å². The largest absolute Gasteiger partial charge is 0.476 e. The van der Waals surface area contributed by atoms with Gasteiger partial charge in [-0.2, -0.15) is 4.37 Å². The molecule has 0 spiro atoms. The number of halogens is 1. The third kappa shape index (κ3) is 5.80. The zero-order chi connectivity index (χ0) is 24.1. The van der Waals surface area contributed by atoms with E-state index in [0.29, 0.717) is 23.7 Å². The Hall–Kier alpha value is -2.84. The zero-order valence-corrected chi connectivity index (χ0v) is 20.7. The number of ether oxygens (including phenoxy) is 2. The van der Waals surface area contributed by atoms with E-state index in [0.717, 1.165) is 43.0 Å². The lowest BCUT2D eigenvalue weighted by molar-refractivity contribution is -0.158. The maximum Gasteiger partial charge on any atom is 0.349 e. The molecule has 0 N–H and O–H groups in total. The molecule has 0 amide bonds. The second-order valence-electron chi connectivity index (χ2n) is 8.88. The quantitative estimate of drug-likeness (QED) is 0.421. The van der Waals surface area contributed by atoms with Crippen LogP contribution in [0.15, 0.2) is 42.5 Å². The first-order valence-electron chi connectivity index (χ1n) is 11.6. The summed E-state index contributed by atoms with van der Waals surface area (Å²) in [5, 5.41) is 0.968. The lowest BCUT2D eigenvalue weighted by Gasteiger charge is -2.24. The van der Waals surface area contributed by atoms with Gasteiger partial charge in [0.05, 0.1) is 13.2 Å². The highest BCUT2D eigenvalue weighted by molar-refractivity contribution is 7.05. The predicted molar refractivity (Wildman–Crippen MR) is 131 cm³/mol. The molecule has 8 heteroatoms. The van der Waals surface area contributed by atoms with Crippen molar-refractivity contribution in [1.82, 2.24) is 14.3 Å². The molecular weight excluding hydrogens is 453 g/mol. The highest BCUT2D eigenvalue weighted by Crippen LogP contribution is 2.26. The number of esters is 1. The fourth-order valence-electron chi connectivity index (χ4n) is 3.98. The third-order valence-corrected chi connectivity index (χ3v) is 6.60. The standard InChI is InChI=1S/C26H30FN3O3S/c1-4-32-25(31)26(2,3)33-22-10-9-19-11-13-30(14-12-21(19)15-22)17-23-28-24(29-34-23)20-7-5-18(16-27)6-8-20/h5-10,15H,4,11-14,16-17H2,1-3H3. The van der Waals surface area contributed by atoms with Crippen LogP contribution in [0.5, 0.6) is 5.75 Å². The summed E-state index contributed by atoms with van der Waals surface area (Å²) in [6, 6.07) is 13.4. The highest BCUT2D eigenvalue weighted by Gasteiger charge is 2.31. The molecule has 3 aromatic rings. The number of rotatable bonds is 8. The van der Waals surface area contributed by atoms with Crippen LogP contribution in [-0.4, -0.2) is 45.5 Å². The summed E-state index contributed by atoms with van der Waals surface area (Å²) in [6.07, 6.45) is 1.83. The number of fused-ring (bicyclic) bond motifs is 1. The van der Waals surface area contributed by atoms with Crippen molar-refractivity contribution in [2.45, 2.75) is 52.4 Å². The molecule has 0 atom stereocenters. The number of alkyl halides is 1. The van der Waals surface area contributed by atoms with Crippen molar-refractivity contribution in [2.75, 3.05) is 19.7 Å². The van der Waals surface area contributed by atoms with Crippen LogP contribution in [0.2, 0.25) is 0 Å². The van der Waals surface area contributed by atoms with Gasteiger partial charge in [0.1, 0.15) is 17.4 Å². The van der Waals surface area contributed by atoms with E-state index in [4.69, 9.17) is 14.5 Å². The number of nitrogens with zero attached hydrogens (tertiary/aromatic N) is 3. The summed E-state index contributed by atoms with van der Waals surface area (Å²) < 4.78 is 28.4. The Morgan fingerprint density at radius 2 is 1.85 bits per heavy atom. The number of carbonyl (C=O) groups excluding carboxylic acids is 1. The fourth-order valence-corrected chi connectivity index (χ4v) is 4.69. The fraction of sp³-hybridized carbons (Fsp3) is 0.423. The lowest BCUT2D eigenvalue weighted by Crippen LogP contribution is -2.39. The first-order valence-corrected chi connectivity index (χ1v) is 12.3. The molecule has 0 radical (unpaired) electrons. The van der Waals surface area contributed by atoms with E-state index in [1.54, 1.807) is 32.9 Å². The van der Waals surface area contributed by atoms with Crippen LogP contribution in [0.3, 0.4) is 0 Å². The van der Waals surface area contributed by atoms with E-state index in [-0.39, 0.29) is 5.97 Å². The summed E-state index contributed by atoms with van der Waals surface area (Å²) in [6.45, 7) is 7.67. The Bertz CT molecular complexity index is 1130. The maximum absolute atomic E-state index is 12.8. The normalized spacial score (nSPS) is 14.4. The molecular formula is C26H30FN3O3S. The number of benzene rings is 2. The summed E-state index contributed by atoms with van der Waals surface area (Å²) in [5.41, 5.74) is 3.06. The predicted octanol–water partition coefficient (Wildman–Crippen LogP) is 5.00. The van der Waals surface area contributed by atoms with Crippen LogP contribution in [0, 0.1) is 0 Å². The monoisotopic (exact) mass is 483 g/mol. The molecule has 34 heavy (non-hydrogen) atoms. The average molecular weight is 484 g/mol. The van der Waals surface area contributed by atoms with Gasteiger partial charge in [0, 0.05) is 18.7 Å². The Morgan fingerprint density at radius 1 is 1.12 bits per heavy atom. The van der Waals surface area contributed by atoms with E-state index in [1.165, 1.54) is 22.7 Å². The molecule has 1 aliphatic heterocycles. The van der Waals surface area contributed by atoms with Gasteiger partial charge >= 0.3 is 5.97 Å². The Kier molecular flexibility index (Phi) is 7.58. The molecule has 0 unspecified atom stereocenters. The molecule has 0 aliphatic carbocycles. The van der Waals surface area contributed by atoms with Gasteiger partial charge < -0.3 is 9.47 Å². The van der Waals surface area contributed by atoms with Crippen molar-refractivity contribution in [1.29, 1.82) is 0 Å². The molecule has 0 bridgehead atoms. The van der Waals surface area contributed by atoms with E-state index in [2.05, 4.69) is 15.3 Å². The second kappa shape index (κ2) is 10.6. The van der Waals surface area contributed by atoms with Gasteiger partial charge in [0.15, 0.2) is 11.4 Å². The van der Waals surface area contributed by atoms with Crippen molar-refractivity contribution in [2.24, 2.45) is 0 Å². The van der Waals surface area contributed by atoms with Gasteiger partial charge in [-0.3, -0.25) is 4.90 Å². The van der Waals surface area contributed by atoms with Crippen molar-refractivity contribution < 1.29 is 18.7 Å². The van der Waals surface area contributed by atoms with Crippen molar-refractivity contribution >= 4 is 17.5 Å². The minimum absolute atomic E-state index is 0.327. The molecule has 1 aliphatic rings. The van der Waals surface area contributed by atoms with Gasteiger partial charge in [-0.15, -0.1) is 0 Å². The molecule has 180 valence electrons. The van der Waals surface area contributed by atoms with Crippen LogP contribution in [0.25, 0.3) is 11.4 Å². The van der Waals surface area contributed by atoms with Gasteiger partial charge in [0.25, 0.3) is 0 Å². The summed E-state index contributed by atoms with van der Waals surface area (Å²) >= 11 is 1.41. The van der Waals surface area contributed by atoms with Crippen LogP contribution in [-0.2, 0) is 35.6 Å². The van der Waals surface area contributed by atoms with Crippen molar-refractivity contribution in [3.05, 3.63) is 64.2 Å². The number of aromatic nitrogens is 2. The molecule has 1 aromatic heterocycles. The van der Waals surface area contributed by atoms with Crippen molar-refractivity contribution in [3.8, 4) is 17.1 Å². The summed E-state index contributed by atoms with van der Waals surface area (Å²) in [4.78, 5) is 19.3. The molecule has 2 aromatic carbocycles. The molecule has 0 saturated carbocycles. The van der Waals surface area contributed by atoms with Crippen LogP contribution in [0.4, 0.5) is 4.39 Å². The Labute approximate surface area is 203 Å². The first kappa shape index (κ1) is 24.3. The van der Waals surface area contributed by atoms with E-state index >= 15 is 0 Å². The molecule has 6 nitrogen and oxygen atoms in total. The lowest BCUT2D eigenvalue weighted by atomic mass is 10.0. The van der Waals surface area contributed by atoms with Gasteiger partial charge in [-0.05, 0) is 74.0 Å². The SMILES string of the molecule is CCOC(=O)C(C)(C)Oc1ccc2c(c1)CCN(Cc1nc(-c3ccc(CF)cc3)ns1)CC2. The number of hydrogen-bond acceptors (Lipinski definition) is 7. The smallest absolute Gasteiger partial charge is 0.349 e. The topological polar surface area (TPSA) is 64.6 Å².